The minimum absolute atomic E-state index is 0.753. The maximum Gasteiger partial charge on any atom is 0.162 e. The zero-order valence-corrected chi connectivity index (χ0v) is 39.1. The van der Waals surface area contributed by atoms with Crippen LogP contribution in [0.5, 0.6) is 0 Å². The summed E-state index contributed by atoms with van der Waals surface area (Å²) in [6.45, 7) is 4.37. The maximum absolute atomic E-state index is 7.37. The monoisotopic (exact) mass is 912 g/mol. The van der Waals surface area contributed by atoms with Gasteiger partial charge in [0.2, 0.25) is 0 Å². The first-order valence-corrected chi connectivity index (χ1v) is 24.2. The first-order valence-electron chi connectivity index (χ1n) is 24.2. The molecule has 0 bridgehead atoms. The van der Waals surface area contributed by atoms with E-state index in [1.54, 1.807) is 0 Å². The van der Waals surface area contributed by atoms with Crippen molar-refractivity contribution >= 4 is 111 Å². The molecule has 14 aromatic rings. The lowest BCUT2D eigenvalue weighted by Gasteiger charge is -2.32. The molecule has 0 amide bonds. The summed E-state index contributed by atoms with van der Waals surface area (Å²) in [6.07, 6.45) is 0. The topological polar surface area (TPSA) is 45.9 Å². The highest BCUT2D eigenvalue weighted by Gasteiger charge is 2.32. The van der Waals surface area contributed by atoms with Crippen molar-refractivity contribution in [3.63, 3.8) is 0 Å². The maximum atomic E-state index is 7.37. The fourth-order valence-electron chi connectivity index (χ4n) is 11.1. The van der Waals surface area contributed by atoms with Crippen molar-refractivity contribution < 1.29 is 13.3 Å². The second-order valence-corrected chi connectivity index (χ2v) is 18.4. The average molecular weight is 913 g/mol. The third-order valence-electron chi connectivity index (χ3n) is 14.3. The number of rotatable bonds is 8. The molecule has 0 unspecified atom stereocenters. The number of fused-ring (bicyclic) bond motifs is 10. The Morgan fingerprint density at radius 1 is 0.268 bits per heavy atom. The van der Waals surface area contributed by atoms with Gasteiger partial charge in [0.05, 0.1) is 28.1 Å². The van der Waals surface area contributed by atoms with Crippen LogP contribution >= 0.6 is 0 Å². The summed E-state index contributed by atoms with van der Waals surface area (Å²) in [5.74, 6) is 0. The highest BCUT2D eigenvalue weighted by Crippen LogP contribution is 2.56. The van der Waals surface area contributed by atoms with Crippen molar-refractivity contribution in [1.29, 1.82) is 0 Å². The van der Waals surface area contributed by atoms with Crippen LogP contribution in [0, 0.1) is 13.8 Å². The highest BCUT2D eigenvalue weighted by atomic mass is 16.3. The van der Waals surface area contributed by atoms with E-state index in [-0.39, 0.29) is 0 Å². The van der Waals surface area contributed by atoms with Crippen LogP contribution in [0.3, 0.4) is 0 Å². The van der Waals surface area contributed by atoms with Crippen molar-refractivity contribution in [3.8, 4) is 22.3 Å². The lowest BCUT2D eigenvalue weighted by atomic mass is 9.96. The van der Waals surface area contributed by atoms with E-state index < -0.39 is 0 Å². The Hall–Kier alpha value is -9.32. The molecule has 0 aliphatic carbocycles. The zero-order chi connectivity index (χ0) is 47.2. The van der Waals surface area contributed by atoms with E-state index in [1.807, 2.05) is 0 Å². The molecule has 3 aromatic heterocycles. The van der Waals surface area contributed by atoms with E-state index in [0.717, 1.165) is 144 Å². The average Bonchev–Trinajstić information content (AvgIpc) is 4.14. The molecule has 0 aliphatic rings. The molecular weight excluding hydrogens is 869 g/mol. The van der Waals surface area contributed by atoms with E-state index in [2.05, 4.69) is 254 Å². The fraction of sp³-hybridized carbons (Fsp3) is 0.0303. The summed E-state index contributed by atoms with van der Waals surface area (Å²) in [5.41, 5.74) is 17.2. The molecule has 11 aromatic carbocycles. The normalized spacial score (nSPS) is 11.8. The molecule has 71 heavy (non-hydrogen) atoms. The molecule has 0 aliphatic heterocycles. The lowest BCUT2D eigenvalue weighted by Crippen LogP contribution is -2.15. The van der Waals surface area contributed by atoms with Crippen molar-refractivity contribution in [1.82, 2.24) is 0 Å². The third kappa shape index (κ3) is 6.26. The van der Waals surface area contributed by atoms with E-state index in [4.69, 9.17) is 13.3 Å². The van der Waals surface area contributed by atoms with Crippen LogP contribution in [-0.4, -0.2) is 0 Å². The number of benzene rings is 11. The number of furan rings is 3. The van der Waals surface area contributed by atoms with Gasteiger partial charge in [-0.1, -0.05) is 200 Å². The quantitative estimate of drug-likeness (QED) is 0.142. The van der Waals surface area contributed by atoms with E-state index in [0.29, 0.717) is 0 Å². The van der Waals surface area contributed by atoms with Crippen LogP contribution in [0.4, 0.5) is 34.1 Å². The van der Waals surface area contributed by atoms with Crippen molar-refractivity contribution in [3.05, 3.63) is 242 Å². The van der Waals surface area contributed by atoms with Crippen molar-refractivity contribution in [2.45, 2.75) is 13.8 Å². The molecule has 0 radical (unpaired) electrons. The number of hydrogen-bond donors (Lipinski definition) is 0. The lowest BCUT2D eigenvalue weighted by molar-refractivity contribution is 0.667. The molecule has 0 saturated heterocycles. The van der Waals surface area contributed by atoms with Gasteiger partial charge in [-0.05, 0) is 66.4 Å². The number of hydrogen-bond acceptors (Lipinski definition) is 5. The number of aryl methyl sites for hydroxylation is 2. The zero-order valence-electron chi connectivity index (χ0n) is 39.1. The summed E-state index contributed by atoms with van der Waals surface area (Å²) in [7, 11) is 0. The van der Waals surface area contributed by atoms with Gasteiger partial charge in [-0.25, -0.2) is 0 Å². The highest BCUT2D eigenvalue weighted by molar-refractivity contribution is 6.29. The first kappa shape index (κ1) is 40.7. The molecule has 5 nitrogen and oxygen atoms in total. The number of para-hydroxylation sites is 7. The molecule has 0 fully saturated rings. The molecule has 3 heterocycles. The van der Waals surface area contributed by atoms with Crippen molar-refractivity contribution in [2.75, 3.05) is 9.80 Å². The molecule has 0 atom stereocenters. The van der Waals surface area contributed by atoms with Crippen LogP contribution in [-0.2, 0) is 0 Å². The Kier molecular flexibility index (Phi) is 9.26. The van der Waals surface area contributed by atoms with Gasteiger partial charge in [0.1, 0.15) is 16.7 Å². The largest absolute Gasteiger partial charge is 0.454 e. The number of anilines is 6. The van der Waals surface area contributed by atoms with Gasteiger partial charge in [-0.3, -0.25) is 0 Å². The predicted molar refractivity (Wildman–Crippen MR) is 295 cm³/mol. The molecular formula is C66H44N2O3. The second kappa shape index (κ2) is 16.2. The SMILES string of the molecule is Cc1ccccc1N(c1cccc2c1oc1c(-c3ccccc3)cccc12)c1c2ccccc2c(N(c2ccccc2C)c2cccc3c2oc2c(-c4ccccc4)cccc23)c2c1oc1ccccc12. The molecule has 0 N–H and O–H groups in total. The molecule has 14 rings (SSSR count). The van der Waals surface area contributed by atoms with E-state index in [9.17, 15) is 0 Å². The number of nitrogens with zero attached hydrogens (tertiary/aromatic N) is 2. The standard InChI is InChI=1S/C66H44N2O3/c1-41-21-9-14-36-54(41)67(56-38-19-34-51-49-32-17-30-45(62(49)70-64(51)56)43-23-5-3-6-24-43)60-47-27-11-12-28-48(47)61(66-59(60)53-29-13-16-40-58(53)69-66)68(55-37-15-10-22-42(55)2)57-39-20-35-52-50-33-18-31-46(63(50)71-65(52)57)44-25-7-4-8-26-44/h3-40H,1-2H3. The van der Waals surface area contributed by atoms with Gasteiger partial charge < -0.3 is 23.1 Å². The predicted octanol–water partition coefficient (Wildman–Crippen LogP) is 19.4. The van der Waals surface area contributed by atoms with E-state index in [1.165, 1.54) is 0 Å². The van der Waals surface area contributed by atoms with Crippen LogP contribution in [0.2, 0.25) is 0 Å². The molecule has 336 valence electrons. The Morgan fingerprint density at radius 2 is 0.648 bits per heavy atom. The first-order chi connectivity index (χ1) is 35.1. The third-order valence-corrected chi connectivity index (χ3v) is 14.3. The second-order valence-electron chi connectivity index (χ2n) is 18.4. The van der Waals surface area contributed by atoms with Gasteiger partial charge in [0.25, 0.3) is 0 Å². The Balaban J connectivity index is 1.11. The van der Waals surface area contributed by atoms with Crippen LogP contribution in [0.1, 0.15) is 11.1 Å². The Labute approximate surface area is 409 Å². The fourth-order valence-corrected chi connectivity index (χ4v) is 11.1. The molecule has 5 heteroatoms. The van der Waals surface area contributed by atoms with Gasteiger partial charge in [0, 0.05) is 60.2 Å². The van der Waals surface area contributed by atoms with Gasteiger partial charge >= 0.3 is 0 Å². The molecule has 0 spiro atoms. The molecule has 0 saturated carbocycles. The van der Waals surface area contributed by atoms with Gasteiger partial charge in [-0.2, -0.15) is 0 Å². The minimum atomic E-state index is 0.753. The summed E-state index contributed by atoms with van der Waals surface area (Å²) >= 11 is 0. The van der Waals surface area contributed by atoms with Crippen molar-refractivity contribution in [2.24, 2.45) is 0 Å². The van der Waals surface area contributed by atoms with Crippen LogP contribution < -0.4 is 9.80 Å². The summed E-state index contributed by atoms with van der Waals surface area (Å²) in [6, 6.07) is 81.4. The summed E-state index contributed by atoms with van der Waals surface area (Å²) in [5, 5.41) is 8.26. The Bertz CT molecular complexity index is 4390. The Morgan fingerprint density at radius 3 is 1.17 bits per heavy atom. The summed E-state index contributed by atoms with van der Waals surface area (Å²) < 4.78 is 21.8. The minimum Gasteiger partial charge on any atom is -0.454 e. The summed E-state index contributed by atoms with van der Waals surface area (Å²) in [4.78, 5) is 4.80. The van der Waals surface area contributed by atoms with Crippen LogP contribution in [0.15, 0.2) is 244 Å². The van der Waals surface area contributed by atoms with Gasteiger partial charge in [0.15, 0.2) is 16.7 Å². The van der Waals surface area contributed by atoms with Crippen LogP contribution in [0.25, 0.3) is 98.8 Å². The smallest absolute Gasteiger partial charge is 0.162 e. The van der Waals surface area contributed by atoms with E-state index >= 15 is 0 Å². The van der Waals surface area contributed by atoms with Gasteiger partial charge in [-0.15, -0.1) is 0 Å².